The van der Waals surface area contributed by atoms with Crippen LogP contribution in [0.5, 0.6) is 0 Å². The molecule has 0 spiro atoms. The molecule has 0 atom stereocenters. The van der Waals surface area contributed by atoms with Gasteiger partial charge < -0.3 is 10.2 Å². The quantitative estimate of drug-likeness (QED) is 0.436. The van der Waals surface area contributed by atoms with Crippen LogP contribution in [-0.2, 0) is 0 Å². The number of hydrogen-bond donors (Lipinski definition) is 2. The van der Waals surface area contributed by atoms with Crippen molar-refractivity contribution >= 4 is 11.8 Å². The fraction of sp³-hybridized carbons (Fsp3) is 0.250. The van der Waals surface area contributed by atoms with Gasteiger partial charge in [0.05, 0.1) is 6.20 Å². The van der Waals surface area contributed by atoms with Gasteiger partial charge in [-0.2, -0.15) is 0 Å². The molecule has 5 nitrogen and oxygen atoms in total. The van der Waals surface area contributed by atoms with Crippen molar-refractivity contribution < 1.29 is 10.2 Å². The summed E-state index contributed by atoms with van der Waals surface area (Å²) in [6.07, 6.45) is 2.67. The summed E-state index contributed by atoms with van der Waals surface area (Å²) in [5.41, 5.74) is -1.46. The minimum atomic E-state index is -1.46. The van der Waals surface area contributed by atoms with Crippen LogP contribution in [0.15, 0.2) is 17.6 Å². The van der Waals surface area contributed by atoms with Crippen LogP contribution in [0.1, 0.15) is 0 Å². The molecular weight excluding hydrogens is 154 g/mol. The Morgan fingerprint density at radius 1 is 1.50 bits per heavy atom. The van der Waals surface area contributed by atoms with E-state index >= 15 is 0 Å². The molecular formula is C4H5N3O2S. The lowest BCUT2D eigenvalue weighted by atomic mass is 10.9. The van der Waals surface area contributed by atoms with Crippen LogP contribution in [-0.4, -0.2) is 31.0 Å². The number of aliphatic hydroxyl groups is 2. The van der Waals surface area contributed by atoms with Crippen LogP contribution in [0.4, 0.5) is 0 Å². The van der Waals surface area contributed by atoms with E-state index in [9.17, 15) is 0 Å². The number of nitrogens with zero attached hydrogens (tertiary/aromatic N) is 3. The third kappa shape index (κ3) is 2.26. The van der Waals surface area contributed by atoms with Gasteiger partial charge in [-0.1, -0.05) is 0 Å². The van der Waals surface area contributed by atoms with Gasteiger partial charge in [0.2, 0.25) is 5.62 Å². The molecule has 6 heteroatoms. The molecule has 1 aromatic heterocycles. The van der Waals surface area contributed by atoms with Gasteiger partial charge >= 0.3 is 0 Å². The largest absolute Gasteiger partial charge is 0.359 e. The van der Waals surface area contributed by atoms with Crippen LogP contribution >= 0.6 is 11.8 Å². The second-order valence-electron chi connectivity index (χ2n) is 1.39. The van der Waals surface area contributed by atoms with Crippen LogP contribution in [0, 0.1) is 0 Å². The minimum absolute atomic E-state index is 0.387. The van der Waals surface area contributed by atoms with Crippen molar-refractivity contribution in [1.82, 2.24) is 15.2 Å². The second-order valence-corrected chi connectivity index (χ2v) is 2.47. The fourth-order valence-corrected chi connectivity index (χ4v) is 0.829. The lowest BCUT2D eigenvalue weighted by Gasteiger charge is -1.98. The van der Waals surface area contributed by atoms with E-state index in [0.29, 0.717) is 5.03 Å². The van der Waals surface area contributed by atoms with E-state index in [-0.39, 0.29) is 0 Å². The Bertz CT molecular complexity index is 193. The number of aliphatic hydroxyl groups excluding tert-OH is 1. The monoisotopic (exact) mass is 159 g/mol. The topological polar surface area (TPSA) is 79.1 Å². The summed E-state index contributed by atoms with van der Waals surface area (Å²) in [6.45, 7) is 0. The van der Waals surface area contributed by atoms with Gasteiger partial charge in [-0.05, 0) is 11.8 Å². The standard InChI is InChI=1S/C4H5N3O2S/c8-4(9)10-3-1-5-2-6-7-3/h1-2,4,8-9H. The molecule has 0 unspecified atom stereocenters. The molecule has 0 aliphatic rings. The summed E-state index contributed by atoms with van der Waals surface area (Å²) in [5, 5.41) is 24.2. The second kappa shape index (κ2) is 3.45. The number of rotatable bonds is 2. The Labute approximate surface area is 61.1 Å². The molecule has 54 valence electrons. The predicted molar refractivity (Wildman–Crippen MR) is 33.9 cm³/mol. The van der Waals surface area contributed by atoms with E-state index in [0.717, 1.165) is 11.8 Å². The summed E-state index contributed by atoms with van der Waals surface area (Å²) >= 11 is 0.773. The Morgan fingerprint density at radius 2 is 2.30 bits per heavy atom. The van der Waals surface area contributed by atoms with Crippen LogP contribution in [0.3, 0.4) is 0 Å². The van der Waals surface area contributed by atoms with Crippen molar-refractivity contribution in [3.8, 4) is 0 Å². The first-order chi connectivity index (χ1) is 4.79. The van der Waals surface area contributed by atoms with Gasteiger partial charge in [0.15, 0.2) is 0 Å². The average molecular weight is 159 g/mol. The summed E-state index contributed by atoms with van der Waals surface area (Å²) < 4.78 is 0. The first kappa shape index (κ1) is 7.39. The predicted octanol–water partition coefficient (Wildman–Crippen LogP) is -0.768. The molecule has 2 N–H and O–H groups in total. The smallest absolute Gasteiger partial charge is 0.208 e. The van der Waals surface area contributed by atoms with E-state index in [1.807, 2.05) is 0 Å². The van der Waals surface area contributed by atoms with Crippen LogP contribution in [0.25, 0.3) is 0 Å². The normalized spacial score (nSPS) is 10.3. The highest BCUT2D eigenvalue weighted by Gasteiger charge is 2.01. The molecule has 0 fully saturated rings. The van der Waals surface area contributed by atoms with Gasteiger partial charge in [-0.25, -0.2) is 4.98 Å². The highest BCUT2D eigenvalue weighted by Crippen LogP contribution is 2.14. The van der Waals surface area contributed by atoms with Crippen LogP contribution in [0.2, 0.25) is 0 Å². The highest BCUT2D eigenvalue weighted by molar-refractivity contribution is 7.99. The Morgan fingerprint density at radius 3 is 2.80 bits per heavy atom. The maximum absolute atomic E-state index is 8.43. The molecule has 10 heavy (non-hydrogen) atoms. The van der Waals surface area contributed by atoms with Gasteiger partial charge in [-0.15, -0.1) is 10.2 Å². The van der Waals surface area contributed by atoms with E-state index in [2.05, 4.69) is 15.2 Å². The van der Waals surface area contributed by atoms with E-state index in [1.54, 1.807) is 0 Å². The van der Waals surface area contributed by atoms with Gasteiger partial charge in [0.25, 0.3) is 0 Å². The third-order valence-electron chi connectivity index (χ3n) is 0.686. The zero-order valence-corrected chi connectivity index (χ0v) is 5.69. The molecule has 0 aliphatic heterocycles. The summed E-state index contributed by atoms with van der Waals surface area (Å²) in [5.74, 6) is 0. The zero-order chi connectivity index (χ0) is 7.40. The highest BCUT2D eigenvalue weighted by atomic mass is 32.2. The average Bonchev–Trinajstić information content (AvgIpc) is 1.88. The zero-order valence-electron chi connectivity index (χ0n) is 4.88. The summed E-state index contributed by atoms with van der Waals surface area (Å²) in [4.78, 5) is 3.62. The first-order valence-electron chi connectivity index (χ1n) is 2.44. The molecule has 0 saturated heterocycles. The number of hydrogen-bond acceptors (Lipinski definition) is 6. The van der Waals surface area contributed by atoms with E-state index < -0.39 is 5.62 Å². The third-order valence-corrected chi connectivity index (χ3v) is 1.33. The fourth-order valence-electron chi connectivity index (χ4n) is 0.397. The summed E-state index contributed by atoms with van der Waals surface area (Å²) in [7, 11) is 0. The molecule has 0 aromatic carbocycles. The van der Waals surface area contributed by atoms with Crippen molar-refractivity contribution in [2.24, 2.45) is 0 Å². The molecule has 0 amide bonds. The van der Waals surface area contributed by atoms with Crippen molar-refractivity contribution in [1.29, 1.82) is 0 Å². The maximum Gasteiger partial charge on any atom is 0.208 e. The van der Waals surface area contributed by atoms with Crippen molar-refractivity contribution in [2.75, 3.05) is 0 Å². The van der Waals surface area contributed by atoms with Gasteiger partial charge in [0.1, 0.15) is 11.4 Å². The molecule has 1 heterocycles. The maximum atomic E-state index is 8.43. The SMILES string of the molecule is OC(O)Sc1cncnn1. The van der Waals surface area contributed by atoms with Crippen molar-refractivity contribution in [2.45, 2.75) is 10.6 Å². The van der Waals surface area contributed by atoms with E-state index in [1.165, 1.54) is 12.5 Å². The van der Waals surface area contributed by atoms with Crippen molar-refractivity contribution in [3.63, 3.8) is 0 Å². The molecule has 0 bridgehead atoms. The van der Waals surface area contributed by atoms with E-state index in [4.69, 9.17) is 10.2 Å². The molecule has 1 rings (SSSR count). The minimum Gasteiger partial charge on any atom is -0.359 e. The Balaban J connectivity index is 2.59. The number of thioether (sulfide) groups is 1. The lowest BCUT2D eigenvalue weighted by Crippen LogP contribution is -1.98. The Hall–Kier alpha value is -0.720. The van der Waals surface area contributed by atoms with Crippen LogP contribution < -0.4 is 0 Å². The molecule has 0 radical (unpaired) electrons. The molecule has 0 saturated carbocycles. The first-order valence-corrected chi connectivity index (χ1v) is 3.32. The van der Waals surface area contributed by atoms with Gasteiger partial charge in [0, 0.05) is 0 Å². The lowest BCUT2D eigenvalue weighted by molar-refractivity contribution is 0.0404. The molecule has 0 aliphatic carbocycles. The number of aromatic nitrogens is 3. The summed E-state index contributed by atoms with van der Waals surface area (Å²) in [6, 6.07) is 0. The van der Waals surface area contributed by atoms with Crippen molar-refractivity contribution in [3.05, 3.63) is 12.5 Å². The van der Waals surface area contributed by atoms with Gasteiger partial charge in [-0.3, -0.25) is 0 Å². The molecule has 1 aromatic rings. The Kier molecular flexibility index (Phi) is 2.55.